The highest BCUT2D eigenvalue weighted by atomic mass is 16.6. The third-order valence-corrected chi connectivity index (χ3v) is 1.81. The Hall–Kier alpha value is -1.89. The van der Waals surface area contributed by atoms with E-state index in [1.54, 1.807) is 6.08 Å². The molecule has 7 heteroatoms. The highest BCUT2D eigenvalue weighted by Crippen LogP contribution is 2.13. The molecule has 1 fully saturated rings. The van der Waals surface area contributed by atoms with Crippen LogP contribution < -0.4 is 0 Å². The highest BCUT2D eigenvalue weighted by Gasteiger charge is 2.19. The topological polar surface area (TPSA) is 113 Å². The van der Waals surface area contributed by atoms with Crippen molar-refractivity contribution in [2.24, 2.45) is 0 Å². The molecule has 0 aromatic heterocycles. The fourth-order valence-electron chi connectivity index (χ4n) is 0.802. The average Bonchev–Trinajstić information content (AvgIpc) is 3.11. The SMILES string of the molecule is COC(=O)C=CCC1CO1.O=C(O)CCC(=O)O. The van der Waals surface area contributed by atoms with E-state index in [0.717, 1.165) is 13.0 Å². The lowest BCUT2D eigenvalue weighted by atomic mass is 10.3. The summed E-state index contributed by atoms with van der Waals surface area (Å²) in [6, 6.07) is 0. The molecule has 1 aliphatic rings. The Balaban J connectivity index is 0.000000331. The molecule has 1 heterocycles. The molecule has 0 radical (unpaired) electrons. The molecule has 102 valence electrons. The van der Waals surface area contributed by atoms with Crippen LogP contribution >= 0.6 is 0 Å². The summed E-state index contributed by atoms with van der Waals surface area (Å²) in [5.74, 6) is -2.46. The van der Waals surface area contributed by atoms with Crippen molar-refractivity contribution in [2.45, 2.75) is 25.4 Å². The van der Waals surface area contributed by atoms with Gasteiger partial charge < -0.3 is 19.7 Å². The molecule has 1 rings (SSSR count). The quantitative estimate of drug-likeness (QED) is 0.404. The number of hydrogen-bond acceptors (Lipinski definition) is 5. The Labute approximate surface area is 104 Å². The predicted octanol–water partition coefficient (Wildman–Crippen LogP) is 0.440. The smallest absolute Gasteiger partial charge is 0.330 e. The number of carboxylic acid groups (broad SMARTS) is 2. The molecule has 1 unspecified atom stereocenters. The van der Waals surface area contributed by atoms with Crippen LogP contribution in [0.5, 0.6) is 0 Å². The zero-order chi connectivity index (χ0) is 14.0. The Bertz CT molecular complexity index is 303. The van der Waals surface area contributed by atoms with E-state index in [1.807, 2.05) is 0 Å². The minimum atomic E-state index is -1.08. The Kier molecular flexibility index (Phi) is 8.21. The first-order valence-electron chi connectivity index (χ1n) is 5.25. The lowest BCUT2D eigenvalue weighted by molar-refractivity contribution is -0.143. The minimum Gasteiger partial charge on any atom is -0.481 e. The van der Waals surface area contributed by atoms with E-state index >= 15 is 0 Å². The van der Waals surface area contributed by atoms with Gasteiger partial charge in [-0.25, -0.2) is 4.79 Å². The summed E-state index contributed by atoms with van der Waals surface area (Å²) in [5, 5.41) is 15.8. The Morgan fingerprint density at radius 3 is 2.11 bits per heavy atom. The fraction of sp³-hybridized carbons (Fsp3) is 0.545. The maximum Gasteiger partial charge on any atom is 0.330 e. The van der Waals surface area contributed by atoms with E-state index in [0.29, 0.717) is 6.10 Å². The number of methoxy groups -OCH3 is 1. The summed E-state index contributed by atoms with van der Waals surface area (Å²) in [7, 11) is 1.36. The number of aliphatic carboxylic acids is 2. The van der Waals surface area contributed by atoms with Crippen LogP contribution in [0.4, 0.5) is 0 Å². The van der Waals surface area contributed by atoms with Crippen molar-refractivity contribution in [3.05, 3.63) is 12.2 Å². The summed E-state index contributed by atoms with van der Waals surface area (Å²) in [5.41, 5.74) is 0. The number of carboxylic acids is 2. The average molecular weight is 260 g/mol. The molecule has 0 aromatic carbocycles. The van der Waals surface area contributed by atoms with Crippen LogP contribution in [0.2, 0.25) is 0 Å². The number of hydrogen-bond donors (Lipinski definition) is 2. The van der Waals surface area contributed by atoms with E-state index in [-0.39, 0.29) is 18.8 Å². The molecular formula is C11H16O7. The lowest BCUT2D eigenvalue weighted by Gasteiger charge is -1.87. The predicted molar refractivity (Wildman–Crippen MR) is 60.0 cm³/mol. The van der Waals surface area contributed by atoms with E-state index in [9.17, 15) is 14.4 Å². The molecule has 1 aliphatic heterocycles. The minimum absolute atomic E-state index is 0.296. The maximum atomic E-state index is 10.5. The van der Waals surface area contributed by atoms with Gasteiger partial charge in [-0.05, 0) is 6.42 Å². The van der Waals surface area contributed by atoms with Gasteiger partial charge in [0.15, 0.2) is 0 Å². The Morgan fingerprint density at radius 2 is 1.78 bits per heavy atom. The molecule has 1 atom stereocenters. The molecule has 0 aliphatic carbocycles. The molecule has 2 N–H and O–H groups in total. The van der Waals surface area contributed by atoms with Crippen LogP contribution in [0.1, 0.15) is 19.3 Å². The monoisotopic (exact) mass is 260 g/mol. The second-order valence-corrected chi connectivity index (χ2v) is 3.40. The second kappa shape index (κ2) is 9.17. The molecule has 7 nitrogen and oxygen atoms in total. The maximum absolute atomic E-state index is 10.5. The summed E-state index contributed by atoms with van der Waals surface area (Å²) in [6.45, 7) is 0.825. The van der Waals surface area contributed by atoms with Gasteiger partial charge in [-0.1, -0.05) is 6.08 Å². The summed E-state index contributed by atoms with van der Waals surface area (Å²) >= 11 is 0. The summed E-state index contributed by atoms with van der Waals surface area (Å²) < 4.78 is 9.31. The van der Waals surface area contributed by atoms with Crippen molar-refractivity contribution in [3.8, 4) is 0 Å². The van der Waals surface area contributed by atoms with Crippen molar-refractivity contribution in [1.82, 2.24) is 0 Å². The molecule has 0 bridgehead atoms. The van der Waals surface area contributed by atoms with Gasteiger partial charge in [-0.3, -0.25) is 9.59 Å². The van der Waals surface area contributed by atoms with Gasteiger partial charge in [0.25, 0.3) is 0 Å². The number of carbonyl (C=O) groups is 3. The van der Waals surface area contributed by atoms with Gasteiger partial charge in [0.05, 0.1) is 32.7 Å². The van der Waals surface area contributed by atoms with Crippen LogP contribution in [0.3, 0.4) is 0 Å². The first-order chi connectivity index (χ1) is 8.45. The summed E-state index contributed by atoms with van der Waals surface area (Å²) in [6.07, 6.45) is 3.76. The highest BCUT2D eigenvalue weighted by molar-refractivity contribution is 5.81. The largest absolute Gasteiger partial charge is 0.481 e. The number of rotatable bonds is 6. The van der Waals surface area contributed by atoms with Crippen molar-refractivity contribution in [2.75, 3.05) is 13.7 Å². The van der Waals surface area contributed by atoms with E-state index in [1.165, 1.54) is 13.2 Å². The van der Waals surface area contributed by atoms with E-state index in [2.05, 4.69) is 4.74 Å². The molecular weight excluding hydrogens is 244 g/mol. The number of carbonyl (C=O) groups excluding carboxylic acids is 1. The molecule has 0 amide bonds. The van der Waals surface area contributed by atoms with Gasteiger partial charge in [-0.15, -0.1) is 0 Å². The zero-order valence-electron chi connectivity index (χ0n) is 10.00. The summed E-state index contributed by atoms with van der Waals surface area (Å²) in [4.78, 5) is 29.7. The third-order valence-electron chi connectivity index (χ3n) is 1.81. The lowest BCUT2D eigenvalue weighted by Crippen LogP contribution is -2.00. The van der Waals surface area contributed by atoms with E-state index < -0.39 is 11.9 Å². The normalized spacial score (nSPS) is 16.6. The second-order valence-electron chi connectivity index (χ2n) is 3.40. The molecule has 0 aromatic rings. The van der Waals surface area contributed by atoms with Crippen LogP contribution in [0.25, 0.3) is 0 Å². The standard InChI is InChI=1S/C7H10O3.C4H6O4/c1-9-7(8)4-2-3-6-5-10-6;5-3(6)1-2-4(7)8/h2,4,6H,3,5H2,1H3;1-2H2,(H,5,6)(H,7,8). The number of epoxide rings is 1. The fourth-order valence-corrected chi connectivity index (χ4v) is 0.802. The zero-order valence-corrected chi connectivity index (χ0v) is 10.00. The van der Waals surface area contributed by atoms with Crippen molar-refractivity contribution >= 4 is 17.9 Å². The van der Waals surface area contributed by atoms with Gasteiger partial charge in [0.1, 0.15) is 0 Å². The van der Waals surface area contributed by atoms with Gasteiger partial charge in [0.2, 0.25) is 0 Å². The van der Waals surface area contributed by atoms with Gasteiger partial charge >= 0.3 is 17.9 Å². The molecule has 18 heavy (non-hydrogen) atoms. The van der Waals surface area contributed by atoms with E-state index in [4.69, 9.17) is 14.9 Å². The third kappa shape index (κ3) is 12.2. The van der Waals surface area contributed by atoms with Crippen LogP contribution in [0, 0.1) is 0 Å². The van der Waals surface area contributed by atoms with Crippen molar-refractivity contribution in [3.63, 3.8) is 0 Å². The van der Waals surface area contributed by atoms with Crippen LogP contribution in [0.15, 0.2) is 12.2 Å². The van der Waals surface area contributed by atoms with Gasteiger partial charge in [-0.2, -0.15) is 0 Å². The van der Waals surface area contributed by atoms with Crippen molar-refractivity contribution < 1.29 is 34.1 Å². The molecule has 0 saturated carbocycles. The molecule has 1 saturated heterocycles. The van der Waals surface area contributed by atoms with Gasteiger partial charge in [0, 0.05) is 6.08 Å². The molecule has 0 spiro atoms. The van der Waals surface area contributed by atoms with Crippen molar-refractivity contribution in [1.29, 1.82) is 0 Å². The first kappa shape index (κ1) is 16.1. The first-order valence-corrected chi connectivity index (χ1v) is 5.25. The van der Waals surface area contributed by atoms with Crippen LogP contribution in [-0.2, 0) is 23.9 Å². The number of esters is 1. The Morgan fingerprint density at radius 1 is 1.28 bits per heavy atom. The van der Waals surface area contributed by atoms with Crippen LogP contribution in [-0.4, -0.2) is 47.9 Å². The number of ether oxygens (including phenoxy) is 2.